The Morgan fingerprint density at radius 1 is 1.44 bits per heavy atom. The summed E-state index contributed by atoms with van der Waals surface area (Å²) in [4.78, 5) is 23.1. The monoisotopic (exact) mass is 234 g/mol. The van der Waals surface area contributed by atoms with Crippen molar-refractivity contribution in [3.8, 4) is 0 Å². The molecule has 7 nitrogen and oxygen atoms in total. The molecular formula is C9H18N2O5. The molecule has 0 fully saturated rings. The van der Waals surface area contributed by atoms with Crippen LogP contribution in [0.5, 0.6) is 0 Å². The van der Waals surface area contributed by atoms with E-state index in [0.717, 1.165) is 0 Å². The minimum atomic E-state index is -1.60. The molecule has 0 radical (unpaired) electrons. The second-order valence-corrected chi connectivity index (χ2v) is 3.20. The number of carbonyl (C=O) groups is 2. The Kier molecular flexibility index (Phi) is 7.23. The van der Waals surface area contributed by atoms with Gasteiger partial charge < -0.3 is 25.5 Å². The van der Waals surface area contributed by atoms with Crippen LogP contribution in [0.3, 0.4) is 0 Å². The molecule has 7 heteroatoms. The Balaban J connectivity index is 3.96. The van der Waals surface area contributed by atoms with Crippen molar-refractivity contribution in [2.45, 2.75) is 19.4 Å². The van der Waals surface area contributed by atoms with Crippen LogP contribution in [-0.4, -0.2) is 64.6 Å². The first-order chi connectivity index (χ1) is 7.52. The third-order valence-electron chi connectivity index (χ3n) is 1.99. The van der Waals surface area contributed by atoms with Crippen molar-refractivity contribution >= 4 is 12.0 Å². The lowest BCUT2D eigenvalue weighted by molar-refractivity contribution is -0.146. The average molecular weight is 234 g/mol. The maximum atomic E-state index is 11.4. The van der Waals surface area contributed by atoms with Gasteiger partial charge in [-0.3, -0.25) is 0 Å². The number of hydrogen-bond acceptors (Lipinski definition) is 4. The van der Waals surface area contributed by atoms with Crippen molar-refractivity contribution in [2.75, 3.05) is 26.2 Å². The summed E-state index contributed by atoms with van der Waals surface area (Å²) < 4.78 is 0. The Morgan fingerprint density at radius 3 is 2.50 bits per heavy atom. The number of hydrogen-bond donors (Lipinski definition) is 4. The molecule has 0 aromatic carbocycles. The van der Waals surface area contributed by atoms with Gasteiger partial charge >= 0.3 is 12.0 Å². The van der Waals surface area contributed by atoms with Crippen LogP contribution in [0.25, 0.3) is 0 Å². The summed E-state index contributed by atoms with van der Waals surface area (Å²) >= 11 is 0. The van der Waals surface area contributed by atoms with E-state index in [0.29, 0.717) is 19.5 Å². The molecule has 1 unspecified atom stereocenters. The van der Waals surface area contributed by atoms with Crippen molar-refractivity contribution < 1.29 is 24.9 Å². The molecule has 0 aliphatic carbocycles. The number of aliphatic hydroxyl groups excluding tert-OH is 2. The third-order valence-corrected chi connectivity index (χ3v) is 1.99. The predicted octanol–water partition coefficient (Wildman–Crippen LogP) is -1.15. The summed E-state index contributed by atoms with van der Waals surface area (Å²) in [5.41, 5.74) is 0. The van der Waals surface area contributed by atoms with Gasteiger partial charge in [0.25, 0.3) is 0 Å². The van der Waals surface area contributed by atoms with E-state index in [9.17, 15) is 9.59 Å². The van der Waals surface area contributed by atoms with E-state index >= 15 is 0 Å². The zero-order valence-electron chi connectivity index (χ0n) is 9.22. The molecule has 0 rings (SSSR count). The first-order valence-electron chi connectivity index (χ1n) is 5.07. The van der Waals surface area contributed by atoms with Gasteiger partial charge in [0, 0.05) is 19.7 Å². The number of aliphatic carboxylic acids is 1. The SMILES string of the molecule is CCN(CCCO)C(=O)NCC(O)C(=O)O. The highest BCUT2D eigenvalue weighted by molar-refractivity contribution is 5.76. The summed E-state index contributed by atoms with van der Waals surface area (Å²) in [5.74, 6) is -1.38. The minimum absolute atomic E-state index is 0.0124. The number of carboxylic acid groups (broad SMARTS) is 1. The summed E-state index contributed by atoms with van der Waals surface area (Å²) in [5, 5.41) is 28.2. The van der Waals surface area contributed by atoms with E-state index in [-0.39, 0.29) is 13.2 Å². The van der Waals surface area contributed by atoms with E-state index in [1.54, 1.807) is 6.92 Å². The molecule has 94 valence electrons. The lowest BCUT2D eigenvalue weighted by Crippen LogP contribution is -2.44. The number of aliphatic hydroxyl groups is 2. The summed E-state index contributed by atoms with van der Waals surface area (Å²) in [6.07, 6.45) is -1.14. The number of carboxylic acids is 1. The maximum Gasteiger partial charge on any atom is 0.334 e. The zero-order valence-corrected chi connectivity index (χ0v) is 9.22. The summed E-state index contributed by atoms with van der Waals surface area (Å²) in [7, 11) is 0. The number of nitrogens with one attached hydrogen (secondary N) is 1. The van der Waals surface area contributed by atoms with Crippen LogP contribution in [-0.2, 0) is 4.79 Å². The smallest absolute Gasteiger partial charge is 0.334 e. The molecule has 0 aromatic heterocycles. The van der Waals surface area contributed by atoms with E-state index in [4.69, 9.17) is 15.3 Å². The number of rotatable bonds is 7. The van der Waals surface area contributed by atoms with E-state index in [2.05, 4.69) is 5.32 Å². The van der Waals surface area contributed by atoms with Gasteiger partial charge in [-0.1, -0.05) is 0 Å². The Hall–Kier alpha value is -1.34. The predicted molar refractivity (Wildman–Crippen MR) is 56.0 cm³/mol. The molecule has 16 heavy (non-hydrogen) atoms. The van der Waals surface area contributed by atoms with E-state index in [1.807, 2.05) is 0 Å². The van der Waals surface area contributed by atoms with Crippen LogP contribution >= 0.6 is 0 Å². The molecule has 0 saturated heterocycles. The molecule has 4 N–H and O–H groups in total. The lowest BCUT2D eigenvalue weighted by atomic mass is 10.3. The van der Waals surface area contributed by atoms with Gasteiger partial charge in [0.05, 0.1) is 6.54 Å². The second-order valence-electron chi connectivity index (χ2n) is 3.20. The number of nitrogens with zero attached hydrogens (tertiary/aromatic N) is 1. The van der Waals surface area contributed by atoms with E-state index < -0.39 is 18.1 Å². The van der Waals surface area contributed by atoms with Gasteiger partial charge in [0.15, 0.2) is 6.10 Å². The van der Waals surface area contributed by atoms with E-state index in [1.165, 1.54) is 4.90 Å². The lowest BCUT2D eigenvalue weighted by Gasteiger charge is -2.21. The van der Waals surface area contributed by atoms with Crippen molar-refractivity contribution in [2.24, 2.45) is 0 Å². The molecular weight excluding hydrogens is 216 g/mol. The first kappa shape index (κ1) is 14.7. The molecule has 2 amide bonds. The van der Waals surface area contributed by atoms with Crippen LogP contribution in [0.2, 0.25) is 0 Å². The first-order valence-corrected chi connectivity index (χ1v) is 5.07. The highest BCUT2D eigenvalue weighted by atomic mass is 16.4. The average Bonchev–Trinajstić information content (AvgIpc) is 2.26. The standard InChI is InChI=1S/C9H18N2O5/c1-2-11(4-3-5-12)9(16)10-6-7(13)8(14)15/h7,12-13H,2-6H2,1H3,(H,10,16)(H,14,15). The van der Waals surface area contributed by atoms with Crippen molar-refractivity contribution in [3.05, 3.63) is 0 Å². The Morgan fingerprint density at radius 2 is 2.06 bits per heavy atom. The fraction of sp³-hybridized carbons (Fsp3) is 0.778. The van der Waals surface area contributed by atoms with Gasteiger partial charge in [0.2, 0.25) is 0 Å². The van der Waals surface area contributed by atoms with Gasteiger partial charge in [-0.25, -0.2) is 9.59 Å². The molecule has 0 aliphatic heterocycles. The Labute approximate surface area is 93.7 Å². The fourth-order valence-corrected chi connectivity index (χ4v) is 1.05. The number of amides is 2. The van der Waals surface area contributed by atoms with Gasteiger partial charge in [-0.15, -0.1) is 0 Å². The van der Waals surface area contributed by atoms with Crippen LogP contribution < -0.4 is 5.32 Å². The molecule has 0 heterocycles. The number of urea groups is 1. The fourth-order valence-electron chi connectivity index (χ4n) is 1.05. The molecule has 0 aromatic rings. The quantitative estimate of drug-likeness (QED) is 0.444. The molecule has 0 spiro atoms. The Bertz CT molecular complexity index is 234. The van der Waals surface area contributed by atoms with Crippen molar-refractivity contribution in [1.82, 2.24) is 10.2 Å². The summed E-state index contributed by atoms with van der Waals surface area (Å²) in [6, 6.07) is -0.448. The van der Waals surface area contributed by atoms with Gasteiger partial charge in [-0.2, -0.15) is 0 Å². The van der Waals surface area contributed by atoms with Crippen LogP contribution in [0.4, 0.5) is 4.79 Å². The third kappa shape index (κ3) is 5.52. The maximum absolute atomic E-state index is 11.4. The highest BCUT2D eigenvalue weighted by Gasteiger charge is 2.16. The van der Waals surface area contributed by atoms with Gasteiger partial charge in [0.1, 0.15) is 0 Å². The largest absolute Gasteiger partial charge is 0.479 e. The molecule has 0 aliphatic rings. The minimum Gasteiger partial charge on any atom is -0.479 e. The molecule has 0 saturated carbocycles. The normalized spacial score (nSPS) is 11.9. The summed E-state index contributed by atoms with van der Waals surface area (Å²) in [6.45, 7) is 2.27. The van der Waals surface area contributed by atoms with Crippen molar-refractivity contribution in [1.29, 1.82) is 0 Å². The molecule has 1 atom stereocenters. The van der Waals surface area contributed by atoms with Crippen LogP contribution in [0, 0.1) is 0 Å². The topological polar surface area (TPSA) is 110 Å². The zero-order chi connectivity index (χ0) is 12.6. The highest BCUT2D eigenvalue weighted by Crippen LogP contribution is 1.92. The van der Waals surface area contributed by atoms with Gasteiger partial charge in [-0.05, 0) is 13.3 Å². The second kappa shape index (κ2) is 7.89. The van der Waals surface area contributed by atoms with Crippen molar-refractivity contribution in [3.63, 3.8) is 0 Å². The molecule has 0 bridgehead atoms. The number of carbonyl (C=O) groups excluding carboxylic acids is 1. The van der Waals surface area contributed by atoms with Crippen LogP contribution in [0.15, 0.2) is 0 Å². The van der Waals surface area contributed by atoms with Crippen LogP contribution in [0.1, 0.15) is 13.3 Å².